The summed E-state index contributed by atoms with van der Waals surface area (Å²) in [4.78, 5) is 0. The van der Waals surface area contributed by atoms with E-state index < -0.39 is 0 Å². The molecule has 0 radical (unpaired) electrons. The van der Waals surface area contributed by atoms with Crippen molar-refractivity contribution in [1.82, 2.24) is 0 Å². The molecule has 1 aromatic rings. The molecule has 2 rings (SSSR count). The molecule has 0 aromatic heterocycles. The molecule has 2 nitrogen and oxygen atoms in total. The van der Waals surface area contributed by atoms with Crippen molar-refractivity contribution >= 4 is 15.9 Å². The molecule has 15 heavy (non-hydrogen) atoms. The van der Waals surface area contributed by atoms with Crippen LogP contribution in [-0.4, -0.2) is 12.1 Å². The molecule has 1 aliphatic heterocycles. The maximum atomic E-state index is 6.20. The lowest BCUT2D eigenvalue weighted by Crippen LogP contribution is -2.41. The summed E-state index contributed by atoms with van der Waals surface area (Å²) in [6, 6.07) is 6.15. The summed E-state index contributed by atoms with van der Waals surface area (Å²) in [7, 11) is 0. The first-order valence-corrected chi connectivity index (χ1v) is 5.99. The van der Waals surface area contributed by atoms with Crippen LogP contribution in [0.25, 0.3) is 0 Å². The number of benzene rings is 1. The van der Waals surface area contributed by atoms with E-state index in [0.29, 0.717) is 5.92 Å². The Bertz CT molecular complexity index is 370. The smallest absolute Gasteiger partial charge is 0.137 e. The molecule has 3 heteroatoms. The van der Waals surface area contributed by atoms with Crippen LogP contribution < -0.4 is 10.5 Å². The number of para-hydroxylation sites is 1. The summed E-state index contributed by atoms with van der Waals surface area (Å²) in [6.07, 6.45) is 0.993. The molecular formula is C12H16BrNO. The third-order valence-electron chi connectivity index (χ3n) is 2.92. The van der Waals surface area contributed by atoms with Gasteiger partial charge in [0.1, 0.15) is 5.75 Å². The van der Waals surface area contributed by atoms with Crippen molar-refractivity contribution in [3.63, 3.8) is 0 Å². The van der Waals surface area contributed by atoms with E-state index in [9.17, 15) is 0 Å². The van der Waals surface area contributed by atoms with E-state index in [4.69, 9.17) is 10.5 Å². The molecule has 1 atom stereocenters. The fraction of sp³-hybridized carbons (Fsp3) is 0.500. The quantitative estimate of drug-likeness (QED) is 0.851. The third kappa shape index (κ3) is 2.04. The van der Waals surface area contributed by atoms with E-state index >= 15 is 0 Å². The minimum absolute atomic E-state index is 0.195. The zero-order valence-corrected chi connectivity index (χ0v) is 10.7. The van der Waals surface area contributed by atoms with Gasteiger partial charge in [-0.05, 0) is 42.3 Å². The van der Waals surface area contributed by atoms with Gasteiger partial charge in [-0.25, -0.2) is 0 Å². The Kier molecular flexibility index (Phi) is 2.77. The van der Waals surface area contributed by atoms with Crippen molar-refractivity contribution in [3.8, 4) is 5.75 Å². The standard InChI is InChI=1S/C12H16BrNO/c1-12(2,14)9-6-7-15-11-8(9)4-3-5-10(11)13/h3-5,9H,6-7,14H2,1-2H3. The van der Waals surface area contributed by atoms with E-state index in [0.717, 1.165) is 23.2 Å². The number of halogens is 1. The molecule has 0 spiro atoms. The van der Waals surface area contributed by atoms with Crippen LogP contribution in [0, 0.1) is 0 Å². The SMILES string of the molecule is CC(C)(N)C1CCOc2c(Br)cccc21. The Hall–Kier alpha value is -0.540. The predicted octanol–water partition coefficient (Wildman–Crippen LogP) is 3.05. The van der Waals surface area contributed by atoms with Gasteiger partial charge in [0.2, 0.25) is 0 Å². The molecular weight excluding hydrogens is 254 g/mol. The van der Waals surface area contributed by atoms with Crippen molar-refractivity contribution in [3.05, 3.63) is 28.2 Å². The zero-order valence-electron chi connectivity index (χ0n) is 9.09. The Morgan fingerprint density at radius 3 is 2.87 bits per heavy atom. The summed E-state index contributed by atoms with van der Waals surface area (Å²) in [5, 5.41) is 0. The first-order chi connectivity index (χ1) is 7.00. The van der Waals surface area contributed by atoms with Crippen LogP contribution in [0.2, 0.25) is 0 Å². The molecule has 0 amide bonds. The van der Waals surface area contributed by atoms with Crippen molar-refractivity contribution in [2.75, 3.05) is 6.61 Å². The highest BCUT2D eigenvalue weighted by Gasteiger charge is 2.32. The van der Waals surface area contributed by atoms with E-state index in [1.807, 2.05) is 12.1 Å². The van der Waals surface area contributed by atoms with Crippen molar-refractivity contribution in [2.45, 2.75) is 31.7 Å². The molecule has 1 unspecified atom stereocenters. The van der Waals surface area contributed by atoms with Gasteiger partial charge in [0.15, 0.2) is 0 Å². The van der Waals surface area contributed by atoms with E-state index in [1.165, 1.54) is 5.56 Å². The molecule has 0 aliphatic carbocycles. The van der Waals surface area contributed by atoms with Crippen molar-refractivity contribution in [1.29, 1.82) is 0 Å². The lowest BCUT2D eigenvalue weighted by Gasteiger charge is -2.35. The zero-order chi connectivity index (χ0) is 11.1. The average molecular weight is 270 g/mol. The summed E-state index contributed by atoms with van der Waals surface area (Å²) >= 11 is 3.51. The molecule has 0 fully saturated rings. The first-order valence-electron chi connectivity index (χ1n) is 5.20. The van der Waals surface area contributed by atoms with Crippen LogP contribution in [0.4, 0.5) is 0 Å². The molecule has 0 saturated heterocycles. The van der Waals surface area contributed by atoms with E-state index in [2.05, 4.69) is 35.8 Å². The first kappa shape index (κ1) is 11.0. The molecule has 1 aliphatic rings. The number of fused-ring (bicyclic) bond motifs is 1. The monoisotopic (exact) mass is 269 g/mol. The fourth-order valence-corrected chi connectivity index (χ4v) is 2.66. The highest BCUT2D eigenvalue weighted by atomic mass is 79.9. The number of ether oxygens (including phenoxy) is 1. The molecule has 82 valence electrons. The van der Waals surface area contributed by atoms with Gasteiger partial charge < -0.3 is 10.5 Å². The normalized spacial score (nSPS) is 20.7. The number of hydrogen-bond acceptors (Lipinski definition) is 2. The van der Waals surface area contributed by atoms with Gasteiger partial charge in [-0.2, -0.15) is 0 Å². The van der Waals surface area contributed by atoms with Crippen LogP contribution in [-0.2, 0) is 0 Å². The van der Waals surface area contributed by atoms with Gasteiger partial charge >= 0.3 is 0 Å². The van der Waals surface area contributed by atoms with Crippen LogP contribution in [0.1, 0.15) is 31.7 Å². The second kappa shape index (κ2) is 3.80. The van der Waals surface area contributed by atoms with Gasteiger partial charge in [0, 0.05) is 17.0 Å². The van der Waals surface area contributed by atoms with Gasteiger partial charge in [0.05, 0.1) is 11.1 Å². The Morgan fingerprint density at radius 2 is 2.20 bits per heavy atom. The molecule has 0 bridgehead atoms. The van der Waals surface area contributed by atoms with Crippen molar-refractivity contribution in [2.24, 2.45) is 5.73 Å². The fourth-order valence-electron chi connectivity index (χ4n) is 2.16. The number of nitrogens with two attached hydrogens (primary N) is 1. The topological polar surface area (TPSA) is 35.2 Å². The second-order valence-corrected chi connectivity index (χ2v) is 5.52. The maximum absolute atomic E-state index is 6.20. The largest absolute Gasteiger partial charge is 0.492 e. The Balaban J connectivity index is 2.48. The summed E-state index contributed by atoms with van der Waals surface area (Å²) < 4.78 is 6.70. The van der Waals surface area contributed by atoms with Crippen LogP contribution in [0.15, 0.2) is 22.7 Å². The van der Waals surface area contributed by atoms with Crippen LogP contribution in [0.3, 0.4) is 0 Å². The number of hydrogen-bond donors (Lipinski definition) is 1. The molecule has 1 aromatic carbocycles. The van der Waals surface area contributed by atoms with Gasteiger partial charge in [0.25, 0.3) is 0 Å². The lowest BCUT2D eigenvalue weighted by molar-refractivity contribution is 0.232. The Morgan fingerprint density at radius 1 is 1.47 bits per heavy atom. The third-order valence-corrected chi connectivity index (χ3v) is 3.55. The van der Waals surface area contributed by atoms with Crippen molar-refractivity contribution < 1.29 is 4.74 Å². The second-order valence-electron chi connectivity index (χ2n) is 4.67. The van der Waals surface area contributed by atoms with Crippen LogP contribution >= 0.6 is 15.9 Å². The highest BCUT2D eigenvalue weighted by molar-refractivity contribution is 9.10. The van der Waals surface area contributed by atoms with Gasteiger partial charge in [-0.1, -0.05) is 12.1 Å². The predicted molar refractivity (Wildman–Crippen MR) is 65.3 cm³/mol. The van der Waals surface area contributed by atoms with Gasteiger partial charge in [-0.15, -0.1) is 0 Å². The summed E-state index contributed by atoms with van der Waals surface area (Å²) in [6.45, 7) is 4.91. The molecule has 2 N–H and O–H groups in total. The number of rotatable bonds is 1. The van der Waals surface area contributed by atoms with E-state index in [1.54, 1.807) is 0 Å². The van der Waals surface area contributed by atoms with Gasteiger partial charge in [-0.3, -0.25) is 0 Å². The lowest BCUT2D eigenvalue weighted by atomic mass is 9.79. The average Bonchev–Trinajstić information content (AvgIpc) is 2.16. The molecule has 1 heterocycles. The minimum atomic E-state index is -0.195. The summed E-state index contributed by atoms with van der Waals surface area (Å²) in [5.74, 6) is 1.34. The highest BCUT2D eigenvalue weighted by Crippen LogP contribution is 2.42. The minimum Gasteiger partial charge on any atom is -0.492 e. The van der Waals surface area contributed by atoms with E-state index in [-0.39, 0.29) is 5.54 Å². The maximum Gasteiger partial charge on any atom is 0.137 e. The van der Waals surface area contributed by atoms with Crippen LogP contribution in [0.5, 0.6) is 5.75 Å². The summed E-state index contributed by atoms with van der Waals surface area (Å²) in [5.41, 5.74) is 7.23. The molecule has 0 saturated carbocycles. The Labute approximate surface area is 98.9 Å².